The van der Waals surface area contributed by atoms with Crippen LogP contribution in [0.4, 0.5) is 0 Å². The summed E-state index contributed by atoms with van der Waals surface area (Å²) in [4.78, 5) is 29.5. The van der Waals surface area contributed by atoms with Crippen molar-refractivity contribution in [1.82, 2.24) is 30.0 Å². The second-order valence-electron chi connectivity index (χ2n) is 7.35. The SMILES string of the molecule is O=C(C1CCN(C(=O)C2CCCCn3nnnc32)CC1)N1CCOCC1. The molecule has 3 aliphatic heterocycles. The van der Waals surface area contributed by atoms with Gasteiger partial charge in [-0.25, -0.2) is 4.68 Å². The fourth-order valence-corrected chi connectivity index (χ4v) is 4.20. The van der Waals surface area contributed by atoms with Crippen LogP contribution >= 0.6 is 0 Å². The van der Waals surface area contributed by atoms with E-state index >= 15 is 0 Å². The number of ether oxygens (including phenoxy) is 1. The smallest absolute Gasteiger partial charge is 0.233 e. The minimum atomic E-state index is -0.251. The lowest BCUT2D eigenvalue weighted by atomic mass is 9.93. The van der Waals surface area contributed by atoms with Crippen molar-refractivity contribution in [1.29, 1.82) is 0 Å². The molecule has 0 bridgehead atoms. The highest BCUT2D eigenvalue weighted by Gasteiger charge is 2.35. The summed E-state index contributed by atoms with van der Waals surface area (Å²) in [6.07, 6.45) is 4.26. The lowest BCUT2D eigenvalue weighted by Gasteiger charge is -2.36. The maximum atomic E-state index is 13.0. The van der Waals surface area contributed by atoms with Gasteiger partial charge in [0.15, 0.2) is 5.82 Å². The highest BCUT2D eigenvalue weighted by Crippen LogP contribution is 2.28. The Kier molecular flexibility index (Phi) is 5.14. The summed E-state index contributed by atoms with van der Waals surface area (Å²) >= 11 is 0. The number of morpholine rings is 1. The van der Waals surface area contributed by atoms with Crippen LogP contribution in [0.3, 0.4) is 0 Å². The van der Waals surface area contributed by atoms with Gasteiger partial charge < -0.3 is 14.5 Å². The van der Waals surface area contributed by atoms with E-state index in [0.717, 1.165) is 38.6 Å². The van der Waals surface area contributed by atoms with Crippen LogP contribution in [0.5, 0.6) is 0 Å². The highest BCUT2D eigenvalue weighted by molar-refractivity contribution is 5.84. The van der Waals surface area contributed by atoms with E-state index in [1.807, 2.05) is 9.80 Å². The van der Waals surface area contributed by atoms with Crippen molar-refractivity contribution in [2.45, 2.75) is 44.6 Å². The van der Waals surface area contributed by atoms with Crippen molar-refractivity contribution < 1.29 is 14.3 Å². The van der Waals surface area contributed by atoms with Gasteiger partial charge in [0.25, 0.3) is 0 Å². The van der Waals surface area contributed by atoms with E-state index in [1.165, 1.54) is 0 Å². The lowest BCUT2D eigenvalue weighted by Crippen LogP contribution is -2.48. The molecule has 0 aliphatic carbocycles. The molecule has 4 rings (SSSR count). The zero-order valence-corrected chi connectivity index (χ0v) is 15.0. The first kappa shape index (κ1) is 17.4. The van der Waals surface area contributed by atoms with Crippen LogP contribution in [-0.4, -0.2) is 81.2 Å². The Morgan fingerprint density at radius 3 is 2.38 bits per heavy atom. The number of nitrogens with zero attached hydrogens (tertiary/aromatic N) is 6. The molecule has 0 aromatic carbocycles. The number of piperidine rings is 1. The molecule has 1 atom stereocenters. The summed E-state index contributed by atoms with van der Waals surface area (Å²) in [6, 6.07) is 0. The first-order valence-electron chi connectivity index (χ1n) is 9.65. The fourth-order valence-electron chi connectivity index (χ4n) is 4.20. The number of likely N-dealkylation sites (tertiary alicyclic amines) is 1. The summed E-state index contributed by atoms with van der Waals surface area (Å²) in [7, 11) is 0. The maximum Gasteiger partial charge on any atom is 0.233 e. The van der Waals surface area contributed by atoms with E-state index in [-0.39, 0.29) is 23.7 Å². The molecular formula is C17H26N6O3. The summed E-state index contributed by atoms with van der Waals surface area (Å²) < 4.78 is 7.09. The van der Waals surface area contributed by atoms with Crippen LogP contribution in [0.1, 0.15) is 43.8 Å². The first-order valence-corrected chi connectivity index (χ1v) is 9.65. The molecule has 0 N–H and O–H groups in total. The number of tetrazole rings is 1. The Labute approximate surface area is 152 Å². The minimum Gasteiger partial charge on any atom is -0.378 e. The summed E-state index contributed by atoms with van der Waals surface area (Å²) in [5.74, 6) is 0.800. The van der Waals surface area contributed by atoms with Crippen molar-refractivity contribution in [3.8, 4) is 0 Å². The Morgan fingerprint density at radius 1 is 0.885 bits per heavy atom. The molecule has 1 aromatic rings. The van der Waals surface area contributed by atoms with E-state index in [1.54, 1.807) is 4.68 Å². The number of carbonyl (C=O) groups excluding carboxylic acids is 2. The first-order chi connectivity index (χ1) is 12.7. The molecule has 4 heterocycles. The maximum absolute atomic E-state index is 13.0. The van der Waals surface area contributed by atoms with Gasteiger partial charge in [-0.3, -0.25) is 9.59 Å². The third kappa shape index (κ3) is 3.44. The van der Waals surface area contributed by atoms with Crippen molar-refractivity contribution in [2.75, 3.05) is 39.4 Å². The van der Waals surface area contributed by atoms with Gasteiger partial charge in [0.1, 0.15) is 0 Å². The van der Waals surface area contributed by atoms with Crippen LogP contribution in [0.25, 0.3) is 0 Å². The highest BCUT2D eigenvalue weighted by atomic mass is 16.5. The van der Waals surface area contributed by atoms with Crippen molar-refractivity contribution in [3.05, 3.63) is 5.82 Å². The number of fused-ring (bicyclic) bond motifs is 1. The molecule has 1 aromatic heterocycles. The van der Waals surface area contributed by atoms with Crippen molar-refractivity contribution in [3.63, 3.8) is 0 Å². The Hall–Kier alpha value is -2.03. The van der Waals surface area contributed by atoms with Gasteiger partial charge in [-0.2, -0.15) is 0 Å². The summed E-state index contributed by atoms with van der Waals surface area (Å²) in [5, 5.41) is 11.8. The number of amides is 2. The topological polar surface area (TPSA) is 93.5 Å². The van der Waals surface area contributed by atoms with Crippen molar-refractivity contribution >= 4 is 11.8 Å². The third-order valence-electron chi connectivity index (χ3n) is 5.76. The van der Waals surface area contributed by atoms with Gasteiger partial charge in [0.2, 0.25) is 11.8 Å². The predicted octanol–water partition coefficient (Wildman–Crippen LogP) is 0.0380. The van der Waals surface area contributed by atoms with E-state index in [4.69, 9.17) is 4.74 Å². The summed E-state index contributed by atoms with van der Waals surface area (Å²) in [6.45, 7) is 4.67. The average molecular weight is 362 g/mol. The fraction of sp³-hybridized carbons (Fsp3) is 0.824. The van der Waals surface area contributed by atoms with Crippen LogP contribution in [-0.2, 0) is 20.9 Å². The van der Waals surface area contributed by atoms with Crippen LogP contribution in [0.2, 0.25) is 0 Å². The second-order valence-corrected chi connectivity index (χ2v) is 7.35. The molecule has 2 amide bonds. The minimum absolute atomic E-state index is 0.0246. The van der Waals surface area contributed by atoms with Gasteiger partial charge in [0.05, 0.1) is 19.1 Å². The monoisotopic (exact) mass is 362 g/mol. The molecule has 142 valence electrons. The molecular weight excluding hydrogens is 336 g/mol. The molecule has 9 nitrogen and oxygen atoms in total. The molecule has 2 saturated heterocycles. The third-order valence-corrected chi connectivity index (χ3v) is 5.76. The van der Waals surface area contributed by atoms with Crippen LogP contribution in [0, 0.1) is 5.92 Å². The van der Waals surface area contributed by atoms with Crippen LogP contribution < -0.4 is 0 Å². The largest absolute Gasteiger partial charge is 0.378 e. The number of carbonyl (C=O) groups is 2. The quantitative estimate of drug-likeness (QED) is 0.737. The Balaban J connectivity index is 1.36. The number of rotatable bonds is 2. The normalized spacial score (nSPS) is 24.8. The van der Waals surface area contributed by atoms with E-state index in [2.05, 4.69) is 15.5 Å². The van der Waals surface area contributed by atoms with Crippen LogP contribution in [0.15, 0.2) is 0 Å². The van der Waals surface area contributed by atoms with Gasteiger partial charge in [-0.15, -0.1) is 5.10 Å². The van der Waals surface area contributed by atoms with E-state index in [9.17, 15) is 9.59 Å². The number of aryl methyl sites for hydroxylation is 1. The molecule has 2 fully saturated rings. The second kappa shape index (κ2) is 7.69. The molecule has 3 aliphatic rings. The predicted molar refractivity (Wildman–Crippen MR) is 91.1 cm³/mol. The molecule has 1 unspecified atom stereocenters. The zero-order chi connectivity index (χ0) is 17.9. The standard InChI is InChI=1S/C17H26N6O3/c24-16(22-9-11-26-12-10-22)13-4-7-21(8-5-13)17(25)14-3-1-2-6-23-15(14)18-19-20-23/h13-14H,1-12H2. The molecule has 0 saturated carbocycles. The zero-order valence-electron chi connectivity index (χ0n) is 15.0. The van der Waals surface area contributed by atoms with Gasteiger partial charge in [-0.1, -0.05) is 6.42 Å². The lowest BCUT2D eigenvalue weighted by molar-refractivity contribution is -0.144. The van der Waals surface area contributed by atoms with Gasteiger partial charge in [0, 0.05) is 38.6 Å². The molecule has 0 radical (unpaired) electrons. The molecule has 0 spiro atoms. The van der Waals surface area contributed by atoms with Crippen molar-refractivity contribution in [2.24, 2.45) is 5.92 Å². The summed E-state index contributed by atoms with van der Waals surface area (Å²) in [5.41, 5.74) is 0. The molecule has 9 heteroatoms. The van der Waals surface area contributed by atoms with E-state index < -0.39 is 0 Å². The number of hydrogen-bond donors (Lipinski definition) is 0. The molecule has 26 heavy (non-hydrogen) atoms. The number of aromatic nitrogens is 4. The van der Waals surface area contributed by atoms with E-state index in [0.29, 0.717) is 45.2 Å². The van der Waals surface area contributed by atoms with Gasteiger partial charge in [-0.05, 0) is 36.1 Å². The average Bonchev–Trinajstić information content (AvgIpc) is 3.07. The number of hydrogen-bond acceptors (Lipinski definition) is 6. The Morgan fingerprint density at radius 2 is 1.62 bits per heavy atom. The Bertz CT molecular complexity index is 649. The van der Waals surface area contributed by atoms with Gasteiger partial charge >= 0.3 is 0 Å².